The molecule has 0 bridgehead atoms. The molecular formula is C15H23N3O2. The van der Waals surface area contributed by atoms with Crippen LogP contribution in [0, 0.1) is 5.41 Å². The Hall–Kier alpha value is -2.04. The van der Waals surface area contributed by atoms with Gasteiger partial charge in [0, 0.05) is 25.6 Å². The fourth-order valence-corrected chi connectivity index (χ4v) is 1.84. The molecule has 0 spiro atoms. The van der Waals surface area contributed by atoms with Crippen molar-refractivity contribution in [1.82, 2.24) is 4.90 Å². The van der Waals surface area contributed by atoms with Gasteiger partial charge in [-0.2, -0.15) is 0 Å². The number of hydrogen-bond donors (Lipinski definition) is 2. The van der Waals surface area contributed by atoms with E-state index in [2.05, 4.69) is 5.16 Å². The van der Waals surface area contributed by atoms with Crippen LogP contribution in [0.1, 0.15) is 38.3 Å². The SMILES string of the molecule is CN(Cc1cccc(C(N)=NO)c1)C(=O)CC(C)(C)C. The van der Waals surface area contributed by atoms with Crippen molar-refractivity contribution in [2.75, 3.05) is 7.05 Å². The number of oxime groups is 1. The maximum atomic E-state index is 12.1. The van der Waals surface area contributed by atoms with Crippen molar-refractivity contribution in [2.24, 2.45) is 16.3 Å². The molecule has 1 rings (SSSR count). The zero-order valence-corrected chi connectivity index (χ0v) is 12.6. The fourth-order valence-electron chi connectivity index (χ4n) is 1.84. The first-order valence-corrected chi connectivity index (χ1v) is 6.54. The van der Waals surface area contributed by atoms with Crippen molar-refractivity contribution in [3.8, 4) is 0 Å². The molecule has 0 radical (unpaired) electrons. The van der Waals surface area contributed by atoms with Crippen molar-refractivity contribution in [2.45, 2.75) is 33.7 Å². The zero-order valence-electron chi connectivity index (χ0n) is 12.6. The summed E-state index contributed by atoms with van der Waals surface area (Å²) in [5, 5.41) is 11.7. The second-order valence-corrected chi connectivity index (χ2v) is 6.17. The average Bonchev–Trinajstić information content (AvgIpc) is 2.36. The van der Waals surface area contributed by atoms with E-state index in [1.807, 2.05) is 39.0 Å². The summed E-state index contributed by atoms with van der Waals surface area (Å²) in [5.74, 6) is 0.169. The second-order valence-electron chi connectivity index (χ2n) is 6.17. The molecule has 0 saturated carbocycles. The van der Waals surface area contributed by atoms with Gasteiger partial charge in [0.1, 0.15) is 0 Å². The summed E-state index contributed by atoms with van der Waals surface area (Å²) in [6.45, 7) is 6.62. The molecule has 0 unspecified atom stereocenters. The minimum absolute atomic E-state index is 0.0266. The average molecular weight is 277 g/mol. The first-order chi connectivity index (χ1) is 9.23. The van der Waals surface area contributed by atoms with E-state index >= 15 is 0 Å². The lowest BCUT2D eigenvalue weighted by atomic mass is 9.91. The Morgan fingerprint density at radius 1 is 1.40 bits per heavy atom. The number of amides is 1. The number of amidine groups is 1. The Morgan fingerprint density at radius 2 is 2.05 bits per heavy atom. The largest absolute Gasteiger partial charge is 0.409 e. The van der Waals surface area contributed by atoms with Crippen LogP contribution in [0.15, 0.2) is 29.4 Å². The predicted molar refractivity (Wildman–Crippen MR) is 79.5 cm³/mol. The molecular weight excluding hydrogens is 254 g/mol. The molecule has 0 saturated heterocycles. The van der Waals surface area contributed by atoms with E-state index in [1.165, 1.54) is 0 Å². The smallest absolute Gasteiger partial charge is 0.223 e. The van der Waals surface area contributed by atoms with Crippen molar-refractivity contribution < 1.29 is 10.0 Å². The fraction of sp³-hybridized carbons (Fsp3) is 0.467. The van der Waals surface area contributed by atoms with E-state index in [0.717, 1.165) is 5.56 Å². The van der Waals surface area contributed by atoms with Gasteiger partial charge in [0.25, 0.3) is 0 Å². The lowest BCUT2D eigenvalue weighted by Gasteiger charge is -2.23. The highest BCUT2D eigenvalue weighted by Gasteiger charge is 2.19. The lowest BCUT2D eigenvalue weighted by Crippen LogP contribution is -2.29. The van der Waals surface area contributed by atoms with Crippen LogP contribution in [-0.2, 0) is 11.3 Å². The second kappa shape index (κ2) is 6.41. The molecule has 0 fully saturated rings. The number of carbonyl (C=O) groups excluding carboxylic acids is 1. The first kappa shape index (κ1) is 16.0. The van der Waals surface area contributed by atoms with E-state index < -0.39 is 0 Å². The third-order valence-corrected chi connectivity index (χ3v) is 2.86. The van der Waals surface area contributed by atoms with Crippen LogP contribution in [0.2, 0.25) is 0 Å². The Bertz CT molecular complexity index is 504. The summed E-state index contributed by atoms with van der Waals surface area (Å²) in [6.07, 6.45) is 0.503. The van der Waals surface area contributed by atoms with Gasteiger partial charge in [-0.25, -0.2) is 0 Å². The minimum atomic E-state index is -0.0266. The quantitative estimate of drug-likeness (QED) is 0.383. The van der Waals surface area contributed by atoms with Gasteiger partial charge in [-0.15, -0.1) is 0 Å². The van der Waals surface area contributed by atoms with Crippen LogP contribution in [-0.4, -0.2) is 28.9 Å². The van der Waals surface area contributed by atoms with Crippen molar-refractivity contribution in [3.63, 3.8) is 0 Å². The Balaban J connectivity index is 2.76. The molecule has 5 nitrogen and oxygen atoms in total. The summed E-state index contributed by atoms with van der Waals surface area (Å²) in [5.41, 5.74) is 7.11. The maximum Gasteiger partial charge on any atom is 0.223 e. The van der Waals surface area contributed by atoms with E-state index in [-0.39, 0.29) is 17.2 Å². The highest BCUT2D eigenvalue weighted by Crippen LogP contribution is 2.20. The molecule has 0 aliphatic carbocycles. The van der Waals surface area contributed by atoms with Gasteiger partial charge in [0.2, 0.25) is 5.91 Å². The molecule has 0 heterocycles. The molecule has 0 aromatic heterocycles. The van der Waals surface area contributed by atoms with Crippen LogP contribution >= 0.6 is 0 Å². The summed E-state index contributed by atoms with van der Waals surface area (Å²) >= 11 is 0. The molecule has 0 aliphatic heterocycles. The Morgan fingerprint density at radius 3 is 2.60 bits per heavy atom. The monoisotopic (exact) mass is 277 g/mol. The number of hydrogen-bond acceptors (Lipinski definition) is 3. The van der Waals surface area contributed by atoms with Crippen molar-refractivity contribution in [1.29, 1.82) is 0 Å². The summed E-state index contributed by atoms with van der Waals surface area (Å²) < 4.78 is 0. The van der Waals surface area contributed by atoms with Crippen LogP contribution < -0.4 is 5.73 Å². The third-order valence-electron chi connectivity index (χ3n) is 2.86. The van der Waals surface area contributed by atoms with Crippen LogP contribution in [0.25, 0.3) is 0 Å². The number of rotatable bonds is 4. The maximum absolute atomic E-state index is 12.1. The number of benzene rings is 1. The molecule has 1 aromatic rings. The molecule has 5 heteroatoms. The van der Waals surface area contributed by atoms with Crippen LogP contribution in [0.5, 0.6) is 0 Å². The standard InChI is InChI=1S/C15H23N3O2/c1-15(2,3)9-13(19)18(4)10-11-6-5-7-12(8-11)14(16)17-20/h5-8,20H,9-10H2,1-4H3,(H2,16,17). The van der Waals surface area contributed by atoms with E-state index in [9.17, 15) is 4.79 Å². The molecule has 110 valence electrons. The summed E-state index contributed by atoms with van der Waals surface area (Å²) in [6, 6.07) is 7.31. The van der Waals surface area contributed by atoms with Gasteiger partial charge in [-0.3, -0.25) is 4.79 Å². The molecule has 0 atom stereocenters. The molecule has 3 N–H and O–H groups in total. The van der Waals surface area contributed by atoms with Crippen molar-refractivity contribution >= 4 is 11.7 Å². The van der Waals surface area contributed by atoms with Crippen LogP contribution in [0.4, 0.5) is 0 Å². The van der Waals surface area contributed by atoms with Gasteiger partial charge in [0.05, 0.1) is 0 Å². The van der Waals surface area contributed by atoms with Gasteiger partial charge >= 0.3 is 0 Å². The third kappa shape index (κ3) is 4.91. The first-order valence-electron chi connectivity index (χ1n) is 6.54. The van der Waals surface area contributed by atoms with Gasteiger partial charge < -0.3 is 15.8 Å². The molecule has 20 heavy (non-hydrogen) atoms. The predicted octanol–water partition coefficient (Wildman–Crippen LogP) is 2.18. The number of nitrogens with zero attached hydrogens (tertiary/aromatic N) is 2. The minimum Gasteiger partial charge on any atom is -0.409 e. The molecule has 1 aromatic carbocycles. The highest BCUT2D eigenvalue weighted by atomic mass is 16.4. The Labute approximate surface area is 120 Å². The van der Waals surface area contributed by atoms with Crippen LogP contribution in [0.3, 0.4) is 0 Å². The van der Waals surface area contributed by atoms with Gasteiger partial charge in [-0.1, -0.05) is 44.1 Å². The summed E-state index contributed by atoms with van der Waals surface area (Å²) in [7, 11) is 1.78. The van der Waals surface area contributed by atoms with Gasteiger partial charge in [-0.05, 0) is 17.0 Å². The zero-order chi connectivity index (χ0) is 15.3. The topological polar surface area (TPSA) is 78.9 Å². The Kier molecular flexibility index (Phi) is 5.13. The van der Waals surface area contributed by atoms with E-state index in [1.54, 1.807) is 18.0 Å². The lowest BCUT2D eigenvalue weighted by molar-refractivity contribution is -0.132. The molecule has 0 aliphatic rings. The van der Waals surface area contributed by atoms with E-state index in [4.69, 9.17) is 10.9 Å². The van der Waals surface area contributed by atoms with Gasteiger partial charge in [0.15, 0.2) is 5.84 Å². The van der Waals surface area contributed by atoms with E-state index in [0.29, 0.717) is 18.5 Å². The number of nitrogens with two attached hydrogens (primary N) is 1. The molecule has 1 amide bonds. The summed E-state index contributed by atoms with van der Waals surface area (Å²) in [4.78, 5) is 13.8. The van der Waals surface area contributed by atoms with Crippen molar-refractivity contribution in [3.05, 3.63) is 35.4 Å². The highest BCUT2D eigenvalue weighted by molar-refractivity contribution is 5.97. The number of carbonyl (C=O) groups is 1. The normalized spacial score (nSPS) is 12.3.